The first-order valence-electron chi connectivity index (χ1n) is 9.40. The van der Waals surface area contributed by atoms with Crippen molar-refractivity contribution in [2.24, 2.45) is 0 Å². The first-order valence-corrected chi connectivity index (χ1v) is 9.78. The molecule has 6 nitrogen and oxygen atoms in total. The Balaban J connectivity index is 1.95. The fraction of sp³-hybridized carbons (Fsp3) is 0.600. The molecule has 1 saturated heterocycles. The van der Waals surface area contributed by atoms with Gasteiger partial charge in [-0.1, -0.05) is 18.5 Å². The van der Waals surface area contributed by atoms with E-state index in [0.29, 0.717) is 29.4 Å². The standard InChI is InChI=1S/C20H30ClN3O3/c1-6-20(4,5)23-19(26)16-8-7-15(9-17(16)21)22-10-18(25)24-11-13(2)27-14(3)12-24/h7-9,13-14,22H,6,10-12H2,1-5H3,(H,23,26). The number of amides is 2. The molecule has 0 bridgehead atoms. The molecular weight excluding hydrogens is 366 g/mol. The summed E-state index contributed by atoms with van der Waals surface area (Å²) in [7, 11) is 0. The van der Waals surface area contributed by atoms with Crippen molar-refractivity contribution in [3.8, 4) is 0 Å². The molecule has 7 heteroatoms. The average molecular weight is 396 g/mol. The molecule has 150 valence electrons. The molecule has 0 aliphatic carbocycles. The Morgan fingerprint density at radius 2 is 1.89 bits per heavy atom. The fourth-order valence-electron chi connectivity index (χ4n) is 2.94. The highest BCUT2D eigenvalue weighted by molar-refractivity contribution is 6.34. The minimum Gasteiger partial charge on any atom is -0.376 e. The van der Waals surface area contributed by atoms with Crippen LogP contribution in [0, 0.1) is 0 Å². The number of carbonyl (C=O) groups excluding carboxylic acids is 2. The van der Waals surface area contributed by atoms with Crippen LogP contribution in [0.5, 0.6) is 0 Å². The summed E-state index contributed by atoms with van der Waals surface area (Å²) in [5, 5.41) is 6.41. The number of rotatable bonds is 6. The molecule has 1 aliphatic heterocycles. The first kappa shape index (κ1) is 21.5. The number of morpholine rings is 1. The van der Waals surface area contributed by atoms with Gasteiger partial charge in [0.05, 0.1) is 29.3 Å². The van der Waals surface area contributed by atoms with Crippen molar-refractivity contribution >= 4 is 29.1 Å². The van der Waals surface area contributed by atoms with Gasteiger partial charge in [-0.2, -0.15) is 0 Å². The molecule has 1 aromatic rings. The highest BCUT2D eigenvalue weighted by Crippen LogP contribution is 2.22. The monoisotopic (exact) mass is 395 g/mol. The molecule has 27 heavy (non-hydrogen) atoms. The Kier molecular flexibility index (Phi) is 7.12. The van der Waals surface area contributed by atoms with Crippen molar-refractivity contribution in [1.29, 1.82) is 0 Å². The molecule has 1 fully saturated rings. The van der Waals surface area contributed by atoms with Gasteiger partial charge in [0.15, 0.2) is 0 Å². The summed E-state index contributed by atoms with van der Waals surface area (Å²) >= 11 is 6.29. The molecular formula is C20H30ClN3O3. The maximum atomic E-state index is 12.4. The molecule has 0 aromatic heterocycles. The van der Waals surface area contributed by atoms with Gasteiger partial charge in [-0.3, -0.25) is 9.59 Å². The number of nitrogens with zero attached hydrogens (tertiary/aromatic N) is 1. The van der Waals surface area contributed by atoms with E-state index in [0.717, 1.165) is 6.42 Å². The Morgan fingerprint density at radius 3 is 2.44 bits per heavy atom. The highest BCUT2D eigenvalue weighted by Gasteiger charge is 2.25. The first-order chi connectivity index (χ1) is 12.6. The average Bonchev–Trinajstić information content (AvgIpc) is 2.58. The van der Waals surface area contributed by atoms with Crippen LogP contribution in [0.25, 0.3) is 0 Å². The summed E-state index contributed by atoms with van der Waals surface area (Å²) in [5.74, 6) is -0.189. The van der Waals surface area contributed by atoms with Crippen LogP contribution in [0.2, 0.25) is 5.02 Å². The molecule has 1 aromatic carbocycles. The molecule has 0 spiro atoms. The Morgan fingerprint density at radius 1 is 1.26 bits per heavy atom. The second kappa shape index (κ2) is 8.93. The van der Waals surface area contributed by atoms with E-state index in [1.54, 1.807) is 18.2 Å². The van der Waals surface area contributed by atoms with Gasteiger partial charge in [0.2, 0.25) is 5.91 Å². The third kappa shape index (κ3) is 6.11. The predicted octanol–water partition coefficient (Wildman–Crippen LogP) is 3.31. The van der Waals surface area contributed by atoms with Crippen molar-refractivity contribution in [3.05, 3.63) is 28.8 Å². The maximum absolute atomic E-state index is 12.4. The maximum Gasteiger partial charge on any atom is 0.253 e. The second-order valence-electron chi connectivity index (χ2n) is 7.80. The van der Waals surface area contributed by atoms with Crippen LogP contribution >= 0.6 is 11.6 Å². The molecule has 2 amide bonds. The summed E-state index contributed by atoms with van der Waals surface area (Å²) in [4.78, 5) is 26.6. The second-order valence-corrected chi connectivity index (χ2v) is 8.20. The Hall–Kier alpha value is -1.79. The van der Waals surface area contributed by atoms with Crippen LogP contribution in [0.3, 0.4) is 0 Å². The van der Waals surface area contributed by atoms with Crippen LogP contribution < -0.4 is 10.6 Å². The summed E-state index contributed by atoms with van der Waals surface area (Å²) in [6, 6.07) is 5.11. The summed E-state index contributed by atoms with van der Waals surface area (Å²) in [6.07, 6.45) is 0.895. The van der Waals surface area contributed by atoms with Gasteiger partial charge in [-0.15, -0.1) is 0 Å². The SMILES string of the molecule is CCC(C)(C)NC(=O)c1ccc(NCC(=O)N2CC(C)OC(C)C2)cc1Cl. The third-order valence-corrected chi connectivity index (χ3v) is 5.08. The number of benzene rings is 1. The van der Waals surface area contributed by atoms with E-state index in [1.165, 1.54) is 0 Å². The molecule has 2 atom stereocenters. The largest absolute Gasteiger partial charge is 0.376 e. The Labute approximate surface area is 166 Å². The summed E-state index contributed by atoms with van der Waals surface area (Å²) < 4.78 is 5.65. The highest BCUT2D eigenvalue weighted by atomic mass is 35.5. The lowest BCUT2D eigenvalue weighted by molar-refractivity contribution is -0.141. The van der Waals surface area contributed by atoms with Gasteiger partial charge >= 0.3 is 0 Å². The number of ether oxygens (including phenoxy) is 1. The number of hydrogen-bond acceptors (Lipinski definition) is 4. The minimum absolute atomic E-state index is 0.0136. The van der Waals surface area contributed by atoms with E-state index in [1.807, 2.05) is 39.5 Å². The molecule has 2 N–H and O–H groups in total. The van der Waals surface area contributed by atoms with Gasteiger partial charge in [0.25, 0.3) is 5.91 Å². The zero-order valence-electron chi connectivity index (χ0n) is 16.8. The van der Waals surface area contributed by atoms with Crippen molar-refractivity contribution in [2.75, 3.05) is 25.0 Å². The Bertz CT molecular complexity index is 683. The number of halogens is 1. The smallest absolute Gasteiger partial charge is 0.253 e. The van der Waals surface area contributed by atoms with E-state index in [4.69, 9.17) is 16.3 Å². The zero-order chi connectivity index (χ0) is 20.2. The summed E-state index contributed by atoms with van der Waals surface area (Å²) in [6.45, 7) is 11.2. The molecule has 2 rings (SSSR count). The molecule has 1 aliphatic rings. The molecule has 0 radical (unpaired) electrons. The van der Waals surface area contributed by atoms with Crippen molar-refractivity contribution < 1.29 is 14.3 Å². The van der Waals surface area contributed by atoms with Crippen LogP contribution in [-0.4, -0.2) is 54.1 Å². The van der Waals surface area contributed by atoms with Crippen LogP contribution in [0.1, 0.15) is 51.4 Å². The van der Waals surface area contributed by atoms with Crippen LogP contribution in [-0.2, 0) is 9.53 Å². The number of anilines is 1. The van der Waals surface area contributed by atoms with E-state index in [-0.39, 0.29) is 36.1 Å². The zero-order valence-corrected chi connectivity index (χ0v) is 17.5. The van der Waals surface area contributed by atoms with E-state index in [2.05, 4.69) is 10.6 Å². The number of nitrogens with one attached hydrogen (secondary N) is 2. The minimum atomic E-state index is -0.295. The lowest BCUT2D eigenvalue weighted by Crippen LogP contribution is -2.49. The van der Waals surface area contributed by atoms with Crippen LogP contribution in [0.4, 0.5) is 5.69 Å². The van der Waals surface area contributed by atoms with Gasteiger partial charge in [0, 0.05) is 24.3 Å². The third-order valence-electron chi connectivity index (χ3n) is 4.77. The lowest BCUT2D eigenvalue weighted by atomic mass is 10.0. The van der Waals surface area contributed by atoms with Gasteiger partial charge in [-0.25, -0.2) is 0 Å². The lowest BCUT2D eigenvalue weighted by Gasteiger charge is -2.35. The van der Waals surface area contributed by atoms with E-state index in [9.17, 15) is 9.59 Å². The quantitative estimate of drug-likeness (QED) is 0.775. The van der Waals surface area contributed by atoms with Crippen molar-refractivity contribution in [3.63, 3.8) is 0 Å². The van der Waals surface area contributed by atoms with E-state index >= 15 is 0 Å². The molecule has 0 saturated carbocycles. The molecule has 1 heterocycles. The number of hydrogen-bond donors (Lipinski definition) is 2. The summed E-state index contributed by atoms with van der Waals surface area (Å²) in [5.41, 5.74) is 0.829. The fourth-order valence-corrected chi connectivity index (χ4v) is 3.21. The normalized spacial score (nSPS) is 20.3. The van der Waals surface area contributed by atoms with Gasteiger partial charge < -0.3 is 20.3 Å². The molecule has 2 unspecified atom stereocenters. The topological polar surface area (TPSA) is 70.7 Å². The van der Waals surface area contributed by atoms with Gasteiger partial charge in [0.1, 0.15) is 0 Å². The van der Waals surface area contributed by atoms with Gasteiger partial charge in [-0.05, 0) is 52.3 Å². The van der Waals surface area contributed by atoms with Crippen LogP contribution in [0.15, 0.2) is 18.2 Å². The predicted molar refractivity (Wildman–Crippen MR) is 108 cm³/mol. The number of carbonyl (C=O) groups is 2. The van der Waals surface area contributed by atoms with E-state index < -0.39 is 0 Å². The van der Waals surface area contributed by atoms with Crippen molar-refractivity contribution in [2.45, 2.75) is 58.8 Å². The van der Waals surface area contributed by atoms with Crippen molar-refractivity contribution in [1.82, 2.24) is 10.2 Å².